The van der Waals surface area contributed by atoms with Crippen LogP contribution in [-0.4, -0.2) is 24.5 Å². The Morgan fingerprint density at radius 1 is 1.03 bits per heavy atom. The maximum atomic E-state index is 12.4. The average Bonchev–Trinajstić information content (AvgIpc) is 3.09. The van der Waals surface area contributed by atoms with Crippen LogP contribution in [0.25, 0.3) is 21.9 Å². The molecular formula is C21H16N2O6. The van der Waals surface area contributed by atoms with E-state index in [0.717, 1.165) is 16.4 Å². The van der Waals surface area contributed by atoms with E-state index >= 15 is 0 Å². The van der Waals surface area contributed by atoms with Crippen LogP contribution >= 0.6 is 0 Å². The Morgan fingerprint density at radius 3 is 2.59 bits per heavy atom. The minimum absolute atomic E-state index is 0.0207. The molecule has 0 atom stereocenters. The zero-order valence-electron chi connectivity index (χ0n) is 15.4. The Bertz CT molecular complexity index is 1230. The van der Waals surface area contributed by atoms with E-state index in [1.807, 2.05) is 24.3 Å². The Morgan fingerprint density at radius 2 is 1.79 bits per heavy atom. The second kappa shape index (κ2) is 7.51. The molecule has 0 bridgehead atoms. The number of methoxy groups -OCH3 is 1. The minimum atomic E-state index is -0.564. The van der Waals surface area contributed by atoms with Gasteiger partial charge in [-0.1, -0.05) is 30.3 Å². The van der Waals surface area contributed by atoms with Crippen LogP contribution in [0.5, 0.6) is 11.5 Å². The number of para-hydroxylation sites is 3. The highest BCUT2D eigenvalue weighted by Crippen LogP contribution is 2.36. The molecular weight excluding hydrogens is 376 g/mol. The van der Waals surface area contributed by atoms with Crippen LogP contribution in [0.2, 0.25) is 0 Å². The van der Waals surface area contributed by atoms with Crippen LogP contribution < -0.4 is 14.8 Å². The molecule has 1 N–H and O–H groups in total. The van der Waals surface area contributed by atoms with Crippen molar-refractivity contribution in [3.05, 3.63) is 70.8 Å². The fourth-order valence-electron chi connectivity index (χ4n) is 3.08. The first-order valence-corrected chi connectivity index (χ1v) is 8.72. The topological polar surface area (TPSA) is 104 Å². The summed E-state index contributed by atoms with van der Waals surface area (Å²) in [5.74, 6) is -0.00708. The monoisotopic (exact) mass is 392 g/mol. The second-order valence-corrected chi connectivity index (χ2v) is 6.21. The molecule has 0 aliphatic rings. The van der Waals surface area contributed by atoms with Crippen molar-refractivity contribution in [2.45, 2.75) is 0 Å². The van der Waals surface area contributed by atoms with Gasteiger partial charge in [0.1, 0.15) is 16.9 Å². The molecule has 3 aromatic carbocycles. The smallest absolute Gasteiger partial charge is 0.310 e. The van der Waals surface area contributed by atoms with E-state index in [0.29, 0.717) is 17.0 Å². The summed E-state index contributed by atoms with van der Waals surface area (Å²) >= 11 is 0. The van der Waals surface area contributed by atoms with Crippen LogP contribution in [0, 0.1) is 10.1 Å². The summed E-state index contributed by atoms with van der Waals surface area (Å²) in [6.07, 6.45) is 0. The third-order valence-corrected chi connectivity index (χ3v) is 4.39. The van der Waals surface area contributed by atoms with Gasteiger partial charge in [-0.15, -0.1) is 0 Å². The number of furan rings is 1. The molecule has 0 saturated heterocycles. The van der Waals surface area contributed by atoms with Crippen molar-refractivity contribution in [2.24, 2.45) is 0 Å². The van der Waals surface area contributed by atoms with Crippen molar-refractivity contribution >= 4 is 39.2 Å². The molecule has 8 heteroatoms. The van der Waals surface area contributed by atoms with Crippen LogP contribution in [0.4, 0.5) is 11.4 Å². The quantitative estimate of drug-likeness (QED) is 0.382. The third-order valence-electron chi connectivity index (χ3n) is 4.39. The maximum Gasteiger partial charge on any atom is 0.310 e. The number of nitrogens with zero attached hydrogens (tertiary/aromatic N) is 1. The summed E-state index contributed by atoms with van der Waals surface area (Å²) in [6.45, 7) is -0.397. The van der Waals surface area contributed by atoms with E-state index in [1.165, 1.54) is 25.3 Å². The van der Waals surface area contributed by atoms with Crippen molar-refractivity contribution in [2.75, 3.05) is 19.0 Å². The van der Waals surface area contributed by atoms with Gasteiger partial charge in [-0.2, -0.15) is 0 Å². The molecule has 0 saturated carbocycles. The maximum absolute atomic E-state index is 12.4. The zero-order valence-corrected chi connectivity index (χ0v) is 15.4. The van der Waals surface area contributed by atoms with Crippen molar-refractivity contribution in [3.63, 3.8) is 0 Å². The van der Waals surface area contributed by atoms with Gasteiger partial charge in [0.25, 0.3) is 5.91 Å². The van der Waals surface area contributed by atoms with Crippen molar-refractivity contribution in [1.29, 1.82) is 0 Å². The molecule has 146 valence electrons. The van der Waals surface area contributed by atoms with E-state index in [9.17, 15) is 14.9 Å². The zero-order chi connectivity index (χ0) is 20.4. The highest BCUT2D eigenvalue weighted by Gasteiger charge is 2.17. The van der Waals surface area contributed by atoms with Crippen molar-refractivity contribution < 1.29 is 23.6 Å². The Kier molecular flexibility index (Phi) is 4.74. The lowest BCUT2D eigenvalue weighted by molar-refractivity contribution is -0.385. The number of hydrogen-bond acceptors (Lipinski definition) is 6. The Labute approximate surface area is 164 Å². The van der Waals surface area contributed by atoms with Gasteiger partial charge in [-0.3, -0.25) is 14.9 Å². The van der Waals surface area contributed by atoms with Gasteiger partial charge < -0.3 is 19.2 Å². The molecule has 1 aromatic heterocycles. The molecule has 29 heavy (non-hydrogen) atoms. The van der Waals surface area contributed by atoms with E-state index in [1.54, 1.807) is 18.2 Å². The number of hydrogen-bond donors (Lipinski definition) is 1. The number of fused-ring (bicyclic) bond motifs is 3. The normalized spacial score (nSPS) is 10.8. The molecule has 1 heterocycles. The highest BCUT2D eigenvalue weighted by atomic mass is 16.6. The summed E-state index contributed by atoms with van der Waals surface area (Å²) in [7, 11) is 1.50. The number of ether oxygens (including phenoxy) is 2. The fourth-order valence-corrected chi connectivity index (χ4v) is 3.08. The lowest BCUT2D eigenvalue weighted by Crippen LogP contribution is -2.20. The van der Waals surface area contributed by atoms with E-state index < -0.39 is 17.4 Å². The second-order valence-electron chi connectivity index (χ2n) is 6.21. The van der Waals surface area contributed by atoms with E-state index in [4.69, 9.17) is 13.9 Å². The molecule has 0 fully saturated rings. The molecule has 4 aromatic rings. The highest BCUT2D eigenvalue weighted by molar-refractivity contribution is 6.07. The van der Waals surface area contributed by atoms with Gasteiger partial charge >= 0.3 is 5.69 Å². The van der Waals surface area contributed by atoms with Crippen LogP contribution in [0.1, 0.15) is 0 Å². The molecule has 0 spiro atoms. The predicted octanol–water partition coefficient (Wildman–Crippen LogP) is 4.52. The number of rotatable bonds is 6. The molecule has 1 amide bonds. The number of benzene rings is 3. The van der Waals surface area contributed by atoms with Crippen LogP contribution in [-0.2, 0) is 4.79 Å². The Balaban J connectivity index is 1.56. The van der Waals surface area contributed by atoms with Gasteiger partial charge in [-0.05, 0) is 18.2 Å². The largest absolute Gasteiger partial charge is 0.495 e. The van der Waals surface area contributed by atoms with Gasteiger partial charge in [-0.25, -0.2) is 0 Å². The number of nitro groups is 1. The summed E-state index contributed by atoms with van der Waals surface area (Å²) in [4.78, 5) is 22.8. The molecule has 0 aliphatic carbocycles. The van der Waals surface area contributed by atoms with Gasteiger partial charge in [0.15, 0.2) is 12.4 Å². The lowest BCUT2D eigenvalue weighted by atomic mass is 10.1. The van der Waals surface area contributed by atoms with E-state index in [2.05, 4.69) is 5.32 Å². The van der Waals surface area contributed by atoms with Gasteiger partial charge in [0, 0.05) is 22.9 Å². The summed E-state index contributed by atoms with van der Waals surface area (Å²) in [5, 5.41) is 15.5. The molecule has 0 radical (unpaired) electrons. The molecule has 4 rings (SSSR count). The first kappa shape index (κ1) is 18.3. The first-order valence-electron chi connectivity index (χ1n) is 8.72. The Hall–Kier alpha value is -4.07. The number of nitro benzene ring substituents is 1. The summed E-state index contributed by atoms with van der Waals surface area (Å²) < 4.78 is 16.6. The number of amides is 1. The standard InChI is InChI=1S/C21H16N2O6/c1-27-20-10-14-13-6-2-4-8-17(13)29-19(14)11-15(20)22-21(24)12-28-18-9-5-3-7-16(18)23(25)26/h2-11H,12H2,1H3,(H,22,24). The minimum Gasteiger partial charge on any atom is -0.495 e. The van der Waals surface area contributed by atoms with E-state index in [-0.39, 0.29) is 11.4 Å². The van der Waals surface area contributed by atoms with Gasteiger partial charge in [0.05, 0.1) is 17.7 Å². The van der Waals surface area contributed by atoms with Crippen molar-refractivity contribution in [3.8, 4) is 11.5 Å². The van der Waals surface area contributed by atoms with Gasteiger partial charge in [0.2, 0.25) is 0 Å². The summed E-state index contributed by atoms with van der Waals surface area (Å²) in [5.41, 5.74) is 1.53. The number of carbonyl (C=O) groups is 1. The SMILES string of the molecule is COc1cc2c(cc1NC(=O)COc1ccccc1[N+](=O)[O-])oc1ccccc12. The lowest BCUT2D eigenvalue weighted by Gasteiger charge is -2.11. The predicted molar refractivity (Wildman–Crippen MR) is 107 cm³/mol. The van der Waals surface area contributed by atoms with Crippen LogP contribution in [0.3, 0.4) is 0 Å². The first-order chi connectivity index (χ1) is 14.1. The summed E-state index contributed by atoms with van der Waals surface area (Å²) in [6, 6.07) is 16.9. The van der Waals surface area contributed by atoms with Crippen molar-refractivity contribution in [1.82, 2.24) is 0 Å². The molecule has 8 nitrogen and oxygen atoms in total. The third kappa shape index (κ3) is 3.55. The average molecular weight is 392 g/mol. The fraction of sp³-hybridized carbons (Fsp3) is 0.0952. The molecule has 0 unspecified atom stereocenters. The number of carbonyl (C=O) groups excluding carboxylic acids is 1. The number of nitrogens with one attached hydrogen (secondary N) is 1. The van der Waals surface area contributed by atoms with Crippen LogP contribution in [0.15, 0.2) is 65.1 Å². The number of anilines is 1. The molecule has 0 aliphatic heterocycles.